The number of ether oxygens (including phenoxy) is 1. The van der Waals surface area contributed by atoms with Crippen molar-refractivity contribution in [3.05, 3.63) is 23.2 Å². The fourth-order valence-corrected chi connectivity index (χ4v) is 3.24. The number of nitrogens with one attached hydrogen (secondary N) is 1. The maximum atomic E-state index is 11.8. The largest absolute Gasteiger partial charge is 0.482 e. The summed E-state index contributed by atoms with van der Waals surface area (Å²) in [7, 11) is -3.97. The molecule has 1 amide bonds. The van der Waals surface area contributed by atoms with Gasteiger partial charge in [-0.25, -0.2) is 13.6 Å². The van der Waals surface area contributed by atoms with E-state index in [9.17, 15) is 13.2 Å². The Morgan fingerprint density at radius 3 is 2.67 bits per heavy atom. The van der Waals surface area contributed by atoms with E-state index in [4.69, 9.17) is 21.5 Å². The second kappa shape index (κ2) is 6.64. The summed E-state index contributed by atoms with van der Waals surface area (Å²) in [5.74, 6) is -0.263. The lowest BCUT2D eigenvalue weighted by atomic mass is 10.2. The molecule has 116 valence electrons. The quantitative estimate of drug-likeness (QED) is 0.852. The molecule has 0 atom stereocenters. The van der Waals surface area contributed by atoms with Crippen molar-refractivity contribution < 1.29 is 17.9 Å². The predicted molar refractivity (Wildman–Crippen MR) is 78.7 cm³/mol. The summed E-state index contributed by atoms with van der Waals surface area (Å²) in [6, 6.07) is 4.23. The van der Waals surface area contributed by atoms with Gasteiger partial charge in [0.05, 0.1) is 0 Å². The van der Waals surface area contributed by atoms with Crippen LogP contribution in [0.25, 0.3) is 0 Å². The van der Waals surface area contributed by atoms with Crippen LogP contribution in [0.15, 0.2) is 23.1 Å². The summed E-state index contributed by atoms with van der Waals surface area (Å²) < 4.78 is 28.2. The summed E-state index contributed by atoms with van der Waals surface area (Å²) in [5.41, 5.74) is 0. The number of halogens is 1. The van der Waals surface area contributed by atoms with Crippen molar-refractivity contribution in [2.75, 3.05) is 6.61 Å². The van der Waals surface area contributed by atoms with E-state index >= 15 is 0 Å². The van der Waals surface area contributed by atoms with Gasteiger partial charge in [-0.1, -0.05) is 24.4 Å². The lowest BCUT2D eigenvalue weighted by Crippen LogP contribution is -2.36. The summed E-state index contributed by atoms with van der Waals surface area (Å²) in [6.45, 7) is -0.263. The number of rotatable bonds is 5. The number of benzene rings is 1. The Bertz CT molecular complexity index is 627. The number of nitrogens with two attached hydrogens (primary N) is 1. The summed E-state index contributed by atoms with van der Waals surface area (Å²) >= 11 is 5.74. The number of carbonyl (C=O) groups excluding carboxylic acids is 1. The van der Waals surface area contributed by atoms with Crippen molar-refractivity contribution >= 4 is 27.5 Å². The number of hydrogen-bond acceptors (Lipinski definition) is 4. The third-order valence-electron chi connectivity index (χ3n) is 3.29. The van der Waals surface area contributed by atoms with Crippen LogP contribution in [0.4, 0.5) is 0 Å². The van der Waals surface area contributed by atoms with E-state index in [1.807, 2.05) is 0 Å². The third kappa shape index (κ3) is 4.59. The Balaban J connectivity index is 2.01. The van der Waals surface area contributed by atoms with Crippen molar-refractivity contribution in [3.8, 4) is 5.75 Å². The highest BCUT2D eigenvalue weighted by Crippen LogP contribution is 2.26. The Morgan fingerprint density at radius 2 is 2.05 bits per heavy atom. The summed E-state index contributed by atoms with van der Waals surface area (Å²) in [6.07, 6.45) is 4.15. The molecule has 0 unspecified atom stereocenters. The zero-order valence-corrected chi connectivity index (χ0v) is 12.9. The van der Waals surface area contributed by atoms with Crippen LogP contribution < -0.4 is 15.2 Å². The van der Waals surface area contributed by atoms with Crippen molar-refractivity contribution in [1.29, 1.82) is 0 Å². The number of sulfonamides is 1. The van der Waals surface area contributed by atoms with Gasteiger partial charge in [-0.05, 0) is 31.0 Å². The van der Waals surface area contributed by atoms with Gasteiger partial charge in [0.2, 0.25) is 10.0 Å². The van der Waals surface area contributed by atoms with Crippen molar-refractivity contribution in [2.45, 2.75) is 36.6 Å². The minimum atomic E-state index is -3.97. The maximum Gasteiger partial charge on any atom is 0.258 e. The van der Waals surface area contributed by atoms with E-state index in [2.05, 4.69) is 5.32 Å². The maximum absolute atomic E-state index is 11.8. The molecule has 21 heavy (non-hydrogen) atoms. The smallest absolute Gasteiger partial charge is 0.258 e. The summed E-state index contributed by atoms with van der Waals surface area (Å²) in [5, 5.41) is 8.17. The number of primary sulfonamides is 1. The molecule has 0 aliphatic heterocycles. The zero-order chi connectivity index (χ0) is 15.5. The monoisotopic (exact) mass is 332 g/mol. The number of carbonyl (C=O) groups is 1. The Kier molecular flexibility index (Phi) is 5.08. The van der Waals surface area contributed by atoms with Crippen LogP contribution in [-0.2, 0) is 14.8 Å². The van der Waals surface area contributed by atoms with Crippen molar-refractivity contribution in [2.24, 2.45) is 5.14 Å². The average Bonchev–Trinajstić information content (AvgIpc) is 2.89. The molecule has 2 rings (SSSR count). The van der Waals surface area contributed by atoms with Gasteiger partial charge in [-0.3, -0.25) is 4.79 Å². The molecular formula is C13H17ClN2O4S. The Hall–Kier alpha value is -1.31. The Labute approximate surface area is 128 Å². The van der Waals surface area contributed by atoms with Crippen LogP contribution in [-0.4, -0.2) is 27.0 Å². The molecule has 0 aromatic heterocycles. The topological polar surface area (TPSA) is 98.5 Å². The van der Waals surface area contributed by atoms with Gasteiger partial charge in [0, 0.05) is 11.1 Å². The molecule has 1 aliphatic rings. The minimum Gasteiger partial charge on any atom is -0.482 e. The van der Waals surface area contributed by atoms with Gasteiger partial charge < -0.3 is 10.1 Å². The highest BCUT2D eigenvalue weighted by molar-refractivity contribution is 7.89. The fraction of sp³-hybridized carbons (Fsp3) is 0.462. The normalized spacial score (nSPS) is 15.9. The van der Waals surface area contributed by atoms with E-state index in [0.717, 1.165) is 25.7 Å². The molecule has 0 saturated heterocycles. The molecule has 3 N–H and O–H groups in total. The molecule has 1 fully saturated rings. The molecule has 0 spiro atoms. The highest BCUT2D eigenvalue weighted by atomic mass is 35.5. The lowest BCUT2D eigenvalue weighted by molar-refractivity contribution is -0.123. The van der Waals surface area contributed by atoms with Gasteiger partial charge >= 0.3 is 0 Å². The standard InChI is InChI=1S/C13H17ClN2O4S/c14-9-5-6-11(12(7-9)21(15,18)19)20-8-13(17)16-10-3-1-2-4-10/h5-7,10H,1-4,8H2,(H,16,17)(H2,15,18,19). The van der Waals surface area contributed by atoms with Gasteiger partial charge in [0.25, 0.3) is 5.91 Å². The van der Waals surface area contributed by atoms with Crippen LogP contribution in [0.1, 0.15) is 25.7 Å². The molecule has 0 radical (unpaired) electrons. The molecule has 0 heterocycles. The SMILES string of the molecule is NS(=O)(=O)c1cc(Cl)ccc1OCC(=O)NC1CCCC1. The van der Waals surface area contributed by atoms with Gasteiger partial charge in [0.15, 0.2) is 6.61 Å². The van der Waals surface area contributed by atoms with E-state index < -0.39 is 10.0 Å². The molecule has 1 saturated carbocycles. The molecule has 0 bridgehead atoms. The second-order valence-corrected chi connectivity index (χ2v) is 6.94. The first-order valence-electron chi connectivity index (χ1n) is 6.61. The van der Waals surface area contributed by atoms with E-state index in [1.165, 1.54) is 18.2 Å². The van der Waals surface area contributed by atoms with Gasteiger partial charge in [-0.15, -0.1) is 0 Å². The highest BCUT2D eigenvalue weighted by Gasteiger charge is 2.19. The molecule has 8 heteroatoms. The van der Waals surface area contributed by atoms with Gasteiger partial charge in [-0.2, -0.15) is 0 Å². The van der Waals surface area contributed by atoms with E-state index in [-0.39, 0.29) is 34.2 Å². The first-order chi connectivity index (χ1) is 9.86. The van der Waals surface area contributed by atoms with Crippen LogP contribution in [0.2, 0.25) is 5.02 Å². The van der Waals surface area contributed by atoms with E-state index in [0.29, 0.717) is 0 Å². The molecular weight excluding hydrogens is 316 g/mol. The molecule has 1 aliphatic carbocycles. The minimum absolute atomic E-state index is 0.0171. The van der Waals surface area contributed by atoms with Crippen LogP contribution in [0.5, 0.6) is 5.75 Å². The molecule has 1 aromatic rings. The van der Waals surface area contributed by atoms with Crippen LogP contribution in [0, 0.1) is 0 Å². The van der Waals surface area contributed by atoms with Crippen molar-refractivity contribution in [1.82, 2.24) is 5.32 Å². The van der Waals surface area contributed by atoms with Crippen LogP contribution in [0.3, 0.4) is 0 Å². The third-order valence-corrected chi connectivity index (χ3v) is 4.46. The fourth-order valence-electron chi connectivity index (χ4n) is 2.31. The lowest BCUT2D eigenvalue weighted by Gasteiger charge is -2.14. The first-order valence-corrected chi connectivity index (χ1v) is 8.53. The van der Waals surface area contributed by atoms with Crippen molar-refractivity contribution in [3.63, 3.8) is 0 Å². The van der Waals surface area contributed by atoms with Gasteiger partial charge in [0.1, 0.15) is 10.6 Å². The van der Waals surface area contributed by atoms with Crippen LogP contribution >= 0.6 is 11.6 Å². The molecule has 1 aromatic carbocycles. The molecule has 6 nitrogen and oxygen atoms in total. The predicted octanol–water partition coefficient (Wildman–Crippen LogP) is 1.43. The second-order valence-electron chi connectivity index (χ2n) is 4.97. The number of amides is 1. The zero-order valence-electron chi connectivity index (χ0n) is 11.3. The summed E-state index contributed by atoms with van der Waals surface area (Å²) in [4.78, 5) is 11.5. The Morgan fingerprint density at radius 1 is 1.38 bits per heavy atom. The first kappa shape index (κ1) is 16.1. The van der Waals surface area contributed by atoms with E-state index in [1.54, 1.807) is 0 Å². The number of hydrogen-bond donors (Lipinski definition) is 2. The average molecular weight is 333 g/mol.